The fraction of sp³-hybridized carbons (Fsp3) is 0.480. The van der Waals surface area contributed by atoms with E-state index in [1.54, 1.807) is 7.11 Å². The van der Waals surface area contributed by atoms with E-state index in [0.29, 0.717) is 23.5 Å². The SMILES string of the molecule is COc1ccc(C2CC(C)(c3ccc(OC(C)=O)cc3)CCC2C(C)C)cc1. The second-order valence-electron chi connectivity index (χ2n) is 8.71. The van der Waals surface area contributed by atoms with E-state index < -0.39 is 0 Å². The molecule has 3 heteroatoms. The molecule has 1 fully saturated rings. The number of benzene rings is 2. The Morgan fingerprint density at radius 3 is 2.18 bits per heavy atom. The molecule has 3 rings (SSSR count). The highest BCUT2D eigenvalue weighted by Gasteiger charge is 2.40. The number of ether oxygens (including phenoxy) is 2. The van der Waals surface area contributed by atoms with E-state index in [9.17, 15) is 4.79 Å². The molecule has 0 aromatic heterocycles. The number of carbonyl (C=O) groups excluding carboxylic acids is 1. The fourth-order valence-corrected chi connectivity index (χ4v) is 4.79. The van der Waals surface area contributed by atoms with Crippen molar-refractivity contribution in [3.05, 3.63) is 59.7 Å². The van der Waals surface area contributed by atoms with Gasteiger partial charge in [-0.05, 0) is 77.8 Å². The molecular weight excluding hydrogens is 348 g/mol. The summed E-state index contributed by atoms with van der Waals surface area (Å²) >= 11 is 0. The van der Waals surface area contributed by atoms with Crippen molar-refractivity contribution in [2.75, 3.05) is 7.11 Å². The second-order valence-corrected chi connectivity index (χ2v) is 8.71. The zero-order chi connectivity index (χ0) is 20.3. The summed E-state index contributed by atoms with van der Waals surface area (Å²) in [6.45, 7) is 8.50. The third kappa shape index (κ3) is 4.40. The Morgan fingerprint density at radius 2 is 1.64 bits per heavy atom. The molecule has 0 bridgehead atoms. The van der Waals surface area contributed by atoms with Crippen molar-refractivity contribution in [3.8, 4) is 11.5 Å². The highest BCUT2D eigenvalue weighted by atomic mass is 16.5. The molecule has 3 atom stereocenters. The van der Waals surface area contributed by atoms with E-state index in [-0.39, 0.29) is 11.4 Å². The van der Waals surface area contributed by atoms with Crippen molar-refractivity contribution in [1.29, 1.82) is 0 Å². The lowest BCUT2D eigenvalue weighted by Gasteiger charge is -2.45. The van der Waals surface area contributed by atoms with Crippen LogP contribution in [-0.2, 0) is 10.2 Å². The van der Waals surface area contributed by atoms with Crippen LogP contribution >= 0.6 is 0 Å². The van der Waals surface area contributed by atoms with Crippen LogP contribution in [0.1, 0.15) is 64.0 Å². The van der Waals surface area contributed by atoms with Crippen LogP contribution in [0.25, 0.3) is 0 Å². The molecule has 150 valence electrons. The molecule has 0 N–H and O–H groups in total. The summed E-state index contributed by atoms with van der Waals surface area (Å²) in [7, 11) is 1.71. The topological polar surface area (TPSA) is 35.5 Å². The van der Waals surface area contributed by atoms with Crippen LogP contribution in [0.4, 0.5) is 0 Å². The summed E-state index contributed by atoms with van der Waals surface area (Å²) in [5.41, 5.74) is 2.84. The molecule has 3 nitrogen and oxygen atoms in total. The highest BCUT2D eigenvalue weighted by Crippen LogP contribution is 2.50. The molecule has 0 heterocycles. The maximum Gasteiger partial charge on any atom is 0.308 e. The van der Waals surface area contributed by atoms with E-state index in [1.807, 2.05) is 12.1 Å². The summed E-state index contributed by atoms with van der Waals surface area (Å²) in [6, 6.07) is 16.7. The van der Waals surface area contributed by atoms with Gasteiger partial charge in [0.25, 0.3) is 0 Å². The van der Waals surface area contributed by atoms with Gasteiger partial charge < -0.3 is 9.47 Å². The van der Waals surface area contributed by atoms with Gasteiger partial charge in [-0.25, -0.2) is 0 Å². The van der Waals surface area contributed by atoms with Crippen molar-refractivity contribution in [1.82, 2.24) is 0 Å². The average molecular weight is 381 g/mol. The predicted molar refractivity (Wildman–Crippen MR) is 113 cm³/mol. The number of rotatable bonds is 5. The van der Waals surface area contributed by atoms with Crippen LogP contribution in [0, 0.1) is 11.8 Å². The predicted octanol–water partition coefficient (Wildman–Crippen LogP) is 6.12. The summed E-state index contributed by atoms with van der Waals surface area (Å²) in [5, 5.41) is 0. The van der Waals surface area contributed by atoms with Crippen molar-refractivity contribution < 1.29 is 14.3 Å². The van der Waals surface area contributed by atoms with Crippen molar-refractivity contribution >= 4 is 5.97 Å². The van der Waals surface area contributed by atoms with Gasteiger partial charge in [0, 0.05) is 6.92 Å². The molecule has 0 aliphatic heterocycles. The first-order chi connectivity index (χ1) is 13.3. The van der Waals surface area contributed by atoms with E-state index in [2.05, 4.69) is 57.2 Å². The lowest BCUT2D eigenvalue weighted by atomic mass is 9.59. The second kappa shape index (κ2) is 8.38. The van der Waals surface area contributed by atoms with Gasteiger partial charge in [-0.3, -0.25) is 4.79 Å². The van der Waals surface area contributed by atoms with Crippen LogP contribution in [0.3, 0.4) is 0 Å². The van der Waals surface area contributed by atoms with Gasteiger partial charge >= 0.3 is 5.97 Å². The molecule has 0 radical (unpaired) electrons. The van der Waals surface area contributed by atoms with Crippen LogP contribution in [-0.4, -0.2) is 13.1 Å². The summed E-state index contributed by atoms with van der Waals surface area (Å²) in [6.07, 6.45) is 3.51. The molecule has 1 aliphatic rings. The molecular formula is C25H32O3. The smallest absolute Gasteiger partial charge is 0.308 e. The van der Waals surface area contributed by atoms with Crippen molar-refractivity contribution in [2.24, 2.45) is 11.8 Å². The quantitative estimate of drug-likeness (QED) is 0.463. The first-order valence-corrected chi connectivity index (χ1v) is 10.3. The molecule has 1 saturated carbocycles. The van der Waals surface area contributed by atoms with Gasteiger partial charge in [0.05, 0.1) is 7.11 Å². The average Bonchev–Trinajstić information content (AvgIpc) is 2.68. The van der Waals surface area contributed by atoms with Crippen LogP contribution in [0.2, 0.25) is 0 Å². The lowest BCUT2D eigenvalue weighted by Crippen LogP contribution is -2.35. The van der Waals surface area contributed by atoms with Gasteiger partial charge in [0.1, 0.15) is 11.5 Å². The molecule has 28 heavy (non-hydrogen) atoms. The Hall–Kier alpha value is -2.29. The van der Waals surface area contributed by atoms with E-state index in [1.165, 1.54) is 30.9 Å². The van der Waals surface area contributed by atoms with Gasteiger partial charge in [-0.15, -0.1) is 0 Å². The number of hydrogen-bond acceptors (Lipinski definition) is 3. The first-order valence-electron chi connectivity index (χ1n) is 10.3. The Bertz CT molecular complexity index is 792. The summed E-state index contributed by atoms with van der Waals surface area (Å²) in [5.74, 6) is 3.10. The van der Waals surface area contributed by atoms with E-state index >= 15 is 0 Å². The molecule has 1 aliphatic carbocycles. The summed E-state index contributed by atoms with van der Waals surface area (Å²) in [4.78, 5) is 11.2. The van der Waals surface area contributed by atoms with Gasteiger partial charge in [-0.1, -0.05) is 45.0 Å². The van der Waals surface area contributed by atoms with Crippen LogP contribution in [0.5, 0.6) is 11.5 Å². The fourth-order valence-electron chi connectivity index (χ4n) is 4.79. The van der Waals surface area contributed by atoms with E-state index in [4.69, 9.17) is 9.47 Å². The van der Waals surface area contributed by atoms with Crippen molar-refractivity contribution in [3.63, 3.8) is 0 Å². The monoisotopic (exact) mass is 380 g/mol. The minimum absolute atomic E-state index is 0.116. The Labute approximate surface area is 169 Å². The van der Waals surface area contributed by atoms with Crippen LogP contribution < -0.4 is 9.47 Å². The van der Waals surface area contributed by atoms with Crippen LogP contribution in [0.15, 0.2) is 48.5 Å². The van der Waals surface area contributed by atoms with Gasteiger partial charge in [-0.2, -0.15) is 0 Å². The third-order valence-electron chi connectivity index (χ3n) is 6.43. The van der Waals surface area contributed by atoms with Crippen molar-refractivity contribution in [2.45, 2.75) is 58.3 Å². The zero-order valence-electron chi connectivity index (χ0n) is 17.7. The standard InChI is InChI=1S/C25H32O3/c1-17(2)23-14-15-25(4,20-8-12-22(13-9-20)28-18(3)26)16-24(23)19-6-10-21(27-5)11-7-19/h6-13,17,23-24H,14-16H2,1-5H3. The minimum Gasteiger partial charge on any atom is -0.497 e. The minimum atomic E-state index is -0.282. The maximum absolute atomic E-state index is 11.2. The summed E-state index contributed by atoms with van der Waals surface area (Å²) < 4.78 is 10.5. The first kappa shape index (κ1) is 20.4. The number of methoxy groups -OCH3 is 1. The molecule has 0 saturated heterocycles. The normalized spacial score (nSPS) is 24.8. The number of esters is 1. The third-order valence-corrected chi connectivity index (χ3v) is 6.43. The molecule has 2 aromatic carbocycles. The highest BCUT2D eigenvalue weighted by molar-refractivity contribution is 5.69. The number of carbonyl (C=O) groups is 1. The molecule has 3 unspecified atom stereocenters. The Balaban J connectivity index is 1.87. The zero-order valence-corrected chi connectivity index (χ0v) is 17.7. The number of hydrogen-bond donors (Lipinski definition) is 0. The largest absolute Gasteiger partial charge is 0.497 e. The molecule has 2 aromatic rings. The lowest BCUT2D eigenvalue weighted by molar-refractivity contribution is -0.131. The molecule has 0 amide bonds. The Morgan fingerprint density at radius 1 is 1.04 bits per heavy atom. The Kier molecular flexibility index (Phi) is 6.12. The van der Waals surface area contributed by atoms with Gasteiger partial charge in [0.15, 0.2) is 0 Å². The molecule has 0 spiro atoms. The van der Waals surface area contributed by atoms with E-state index in [0.717, 1.165) is 12.2 Å². The maximum atomic E-state index is 11.2. The van der Waals surface area contributed by atoms with Gasteiger partial charge in [0.2, 0.25) is 0 Å².